The molecule has 0 radical (unpaired) electrons. The molecule has 1 atom stereocenters. The number of nitrogens with zero attached hydrogens (tertiary/aromatic N) is 4. The van der Waals surface area contributed by atoms with Crippen LogP contribution in [0.2, 0.25) is 0 Å². The number of aryl methyl sites for hydroxylation is 2. The number of aliphatic hydroxyl groups excluding tert-OH is 1. The highest BCUT2D eigenvalue weighted by molar-refractivity contribution is 5.96. The lowest BCUT2D eigenvalue weighted by Gasteiger charge is -2.31. The van der Waals surface area contributed by atoms with Crippen molar-refractivity contribution in [3.05, 3.63) is 60.0 Å². The molecule has 1 aliphatic heterocycles. The van der Waals surface area contributed by atoms with Crippen LogP contribution in [0.5, 0.6) is 0 Å². The van der Waals surface area contributed by atoms with E-state index >= 15 is 0 Å². The highest BCUT2D eigenvalue weighted by Gasteiger charge is 2.18. The number of piperidine rings is 1. The summed E-state index contributed by atoms with van der Waals surface area (Å²) >= 11 is 0. The minimum Gasteiger partial charge on any atom is -0.396 e. The summed E-state index contributed by atoms with van der Waals surface area (Å²) in [7, 11) is 0. The van der Waals surface area contributed by atoms with E-state index in [2.05, 4.69) is 32.3 Å². The second kappa shape index (κ2) is 10.5. The van der Waals surface area contributed by atoms with Gasteiger partial charge in [-0.1, -0.05) is 30.3 Å². The normalized spacial score (nSPS) is 17.1. The molecular formula is C24H31N5O2. The number of amides is 1. The van der Waals surface area contributed by atoms with Crippen LogP contribution in [0.25, 0.3) is 11.2 Å². The van der Waals surface area contributed by atoms with Gasteiger partial charge in [0.1, 0.15) is 5.52 Å². The predicted octanol–water partition coefficient (Wildman–Crippen LogP) is 2.50. The first kappa shape index (κ1) is 21.5. The fourth-order valence-corrected chi connectivity index (χ4v) is 4.24. The van der Waals surface area contributed by atoms with E-state index in [0.717, 1.165) is 63.0 Å². The van der Waals surface area contributed by atoms with Crippen molar-refractivity contribution in [3.63, 3.8) is 0 Å². The van der Waals surface area contributed by atoms with Gasteiger partial charge in [0.2, 0.25) is 0 Å². The molecule has 1 aliphatic rings. The molecule has 3 aromatic rings. The van der Waals surface area contributed by atoms with Gasteiger partial charge in [-0.05, 0) is 56.3 Å². The molecule has 1 fully saturated rings. The molecule has 1 saturated heterocycles. The molecule has 4 rings (SSSR count). The van der Waals surface area contributed by atoms with E-state index in [1.165, 1.54) is 5.56 Å². The Balaban J connectivity index is 1.26. The number of aromatic nitrogens is 3. The lowest BCUT2D eigenvalue weighted by atomic mass is 9.99. The third-order valence-electron chi connectivity index (χ3n) is 6.00. The number of nitrogens with one attached hydrogen (secondary N) is 1. The molecule has 1 aromatic carbocycles. The predicted molar refractivity (Wildman–Crippen MR) is 121 cm³/mol. The number of benzene rings is 1. The number of fused-ring (bicyclic) bond motifs is 1. The Bertz CT molecular complexity index is 988. The molecule has 7 heteroatoms. The Kier molecular flexibility index (Phi) is 7.27. The van der Waals surface area contributed by atoms with Crippen LogP contribution in [0.1, 0.15) is 35.2 Å². The van der Waals surface area contributed by atoms with Crippen LogP contribution in [0.3, 0.4) is 0 Å². The second-order valence-corrected chi connectivity index (χ2v) is 8.34. The van der Waals surface area contributed by atoms with E-state index in [9.17, 15) is 9.90 Å². The number of hydrogen-bond donors (Lipinski definition) is 2. The van der Waals surface area contributed by atoms with Crippen molar-refractivity contribution in [1.29, 1.82) is 0 Å². The van der Waals surface area contributed by atoms with Gasteiger partial charge in [0, 0.05) is 32.4 Å². The Hall–Kier alpha value is -2.77. The number of carbonyl (C=O) groups is 1. The molecule has 0 spiro atoms. The van der Waals surface area contributed by atoms with Crippen molar-refractivity contribution < 1.29 is 9.90 Å². The first-order chi connectivity index (χ1) is 15.2. The highest BCUT2D eigenvalue weighted by Crippen LogP contribution is 2.16. The number of rotatable bonds is 9. The maximum Gasteiger partial charge on any atom is 0.252 e. The van der Waals surface area contributed by atoms with E-state index in [1.807, 2.05) is 28.8 Å². The van der Waals surface area contributed by atoms with Crippen molar-refractivity contribution in [3.8, 4) is 0 Å². The molecule has 0 bridgehead atoms. The number of imidazole rings is 1. The third kappa shape index (κ3) is 5.68. The zero-order valence-electron chi connectivity index (χ0n) is 17.9. The quantitative estimate of drug-likeness (QED) is 0.519. The molecule has 0 aliphatic carbocycles. The van der Waals surface area contributed by atoms with Crippen LogP contribution in [-0.4, -0.2) is 63.2 Å². The average Bonchev–Trinajstić information content (AvgIpc) is 3.23. The van der Waals surface area contributed by atoms with Crippen LogP contribution in [0.15, 0.2) is 48.9 Å². The number of carbonyl (C=O) groups excluding carboxylic acids is 1. The van der Waals surface area contributed by atoms with Gasteiger partial charge in [0.15, 0.2) is 5.65 Å². The minimum absolute atomic E-state index is 0.111. The summed E-state index contributed by atoms with van der Waals surface area (Å²) in [5.74, 6) is 0.286. The van der Waals surface area contributed by atoms with Crippen LogP contribution >= 0.6 is 0 Å². The molecule has 164 valence electrons. The number of likely N-dealkylation sites (tertiary alicyclic amines) is 1. The number of hydrogen-bond acceptors (Lipinski definition) is 5. The van der Waals surface area contributed by atoms with Crippen molar-refractivity contribution in [2.75, 3.05) is 32.8 Å². The lowest BCUT2D eigenvalue weighted by molar-refractivity contribution is 0.0946. The van der Waals surface area contributed by atoms with Gasteiger partial charge in [-0.15, -0.1) is 0 Å². The molecule has 2 aromatic heterocycles. The lowest BCUT2D eigenvalue weighted by Crippen LogP contribution is -2.38. The molecule has 31 heavy (non-hydrogen) atoms. The zero-order valence-corrected chi connectivity index (χ0v) is 17.9. The van der Waals surface area contributed by atoms with E-state index < -0.39 is 0 Å². The Labute approximate surface area is 183 Å². The molecule has 7 nitrogen and oxygen atoms in total. The Morgan fingerprint density at radius 2 is 2.06 bits per heavy atom. The molecule has 1 amide bonds. The maximum atomic E-state index is 12.5. The van der Waals surface area contributed by atoms with Crippen LogP contribution in [-0.2, 0) is 13.0 Å². The zero-order chi connectivity index (χ0) is 21.5. The van der Waals surface area contributed by atoms with Gasteiger partial charge in [0.05, 0.1) is 11.9 Å². The van der Waals surface area contributed by atoms with Crippen LogP contribution < -0.4 is 5.32 Å². The van der Waals surface area contributed by atoms with E-state index in [1.54, 1.807) is 12.5 Å². The first-order valence-electron chi connectivity index (χ1n) is 11.2. The summed E-state index contributed by atoms with van der Waals surface area (Å²) in [6.45, 7) is 4.68. The average molecular weight is 422 g/mol. The summed E-state index contributed by atoms with van der Waals surface area (Å²) in [6, 6.07) is 12.2. The van der Waals surface area contributed by atoms with Gasteiger partial charge in [-0.2, -0.15) is 0 Å². The van der Waals surface area contributed by atoms with Gasteiger partial charge in [-0.25, -0.2) is 9.97 Å². The summed E-state index contributed by atoms with van der Waals surface area (Å²) < 4.78 is 2.03. The minimum atomic E-state index is -0.111. The SMILES string of the molecule is O=C(NCCCN1CCCC(CO)C1)c1cnc2c(c1)ncn2CCc1ccccc1. The maximum absolute atomic E-state index is 12.5. The molecular weight excluding hydrogens is 390 g/mol. The Morgan fingerprint density at radius 1 is 1.19 bits per heavy atom. The van der Waals surface area contributed by atoms with Crippen molar-refractivity contribution in [1.82, 2.24) is 24.8 Å². The summed E-state index contributed by atoms with van der Waals surface area (Å²) in [5.41, 5.74) is 3.36. The number of pyridine rings is 1. The Morgan fingerprint density at radius 3 is 2.90 bits per heavy atom. The van der Waals surface area contributed by atoms with Gasteiger partial charge >= 0.3 is 0 Å². The summed E-state index contributed by atoms with van der Waals surface area (Å²) in [4.78, 5) is 23.8. The standard InChI is InChI=1S/C24H31N5O2/c30-17-20-8-4-11-28(16-20)12-5-10-25-24(31)21-14-22-23(26-15-21)29(18-27-22)13-9-19-6-2-1-3-7-19/h1-3,6-7,14-15,18,20,30H,4-5,8-13,16-17H2,(H,25,31). The summed E-state index contributed by atoms with van der Waals surface area (Å²) in [5, 5.41) is 12.3. The van der Waals surface area contributed by atoms with Crippen molar-refractivity contribution >= 4 is 17.1 Å². The highest BCUT2D eigenvalue weighted by atomic mass is 16.3. The third-order valence-corrected chi connectivity index (χ3v) is 6.00. The van der Waals surface area contributed by atoms with Crippen LogP contribution in [0, 0.1) is 5.92 Å². The van der Waals surface area contributed by atoms with Crippen LogP contribution in [0.4, 0.5) is 0 Å². The summed E-state index contributed by atoms with van der Waals surface area (Å²) in [6.07, 6.45) is 7.48. The van der Waals surface area contributed by atoms with E-state index in [-0.39, 0.29) is 12.5 Å². The fraction of sp³-hybridized carbons (Fsp3) is 0.458. The second-order valence-electron chi connectivity index (χ2n) is 8.34. The fourth-order valence-electron chi connectivity index (χ4n) is 4.24. The smallest absolute Gasteiger partial charge is 0.252 e. The van der Waals surface area contributed by atoms with Gasteiger partial charge in [-0.3, -0.25) is 4.79 Å². The van der Waals surface area contributed by atoms with Gasteiger partial charge < -0.3 is 19.9 Å². The first-order valence-corrected chi connectivity index (χ1v) is 11.2. The topological polar surface area (TPSA) is 83.3 Å². The van der Waals surface area contributed by atoms with Crippen molar-refractivity contribution in [2.24, 2.45) is 5.92 Å². The largest absolute Gasteiger partial charge is 0.396 e. The molecule has 2 N–H and O–H groups in total. The van der Waals surface area contributed by atoms with E-state index in [0.29, 0.717) is 18.0 Å². The molecule has 1 unspecified atom stereocenters. The van der Waals surface area contributed by atoms with E-state index in [4.69, 9.17) is 0 Å². The molecule has 0 saturated carbocycles. The van der Waals surface area contributed by atoms with Crippen molar-refractivity contribution in [2.45, 2.75) is 32.2 Å². The number of aliphatic hydroxyl groups is 1. The molecule has 3 heterocycles. The monoisotopic (exact) mass is 421 g/mol. The van der Waals surface area contributed by atoms with Gasteiger partial charge in [0.25, 0.3) is 5.91 Å².